The van der Waals surface area contributed by atoms with E-state index in [9.17, 15) is 27.2 Å². The smallest absolute Gasteiger partial charge is 0.387 e. The second-order valence-electron chi connectivity index (χ2n) is 9.09. The predicted octanol–water partition coefficient (Wildman–Crippen LogP) is 2.73. The predicted molar refractivity (Wildman–Crippen MR) is 131 cm³/mol. The summed E-state index contributed by atoms with van der Waals surface area (Å²) in [4.78, 5) is 30.9. The number of halogens is 4. The van der Waals surface area contributed by atoms with Gasteiger partial charge in [0.15, 0.2) is 5.65 Å². The molecule has 2 N–H and O–H groups in total. The molecule has 2 aliphatic rings. The molecule has 0 spiro atoms. The highest BCUT2D eigenvalue weighted by Gasteiger charge is 2.46. The SMILES string of the molecule is O=C(Nc1cn(CC(=O)N2CC(F)(F)C2)nc1-c1cc2c(cc1OC(F)F)NCCO2)c1cnn2cccnc12. The Hall–Kier alpha value is -4.89. The molecule has 3 aromatic heterocycles. The molecule has 16 heteroatoms. The van der Waals surface area contributed by atoms with E-state index in [1.807, 2.05) is 0 Å². The number of alkyl halides is 4. The number of likely N-dealkylation sites (tertiary alicyclic amines) is 1. The first-order valence-corrected chi connectivity index (χ1v) is 12.0. The molecule has 0 aliphatic carbocycles. The van der Waals surface area contributed by atoms with Gasteiger partial charge in [0.2, 0.25) is 5.91 Å². The number of nitrogens with zero attached hydrogens (tertiary/aromatic N) is 6. The van der Waals surface area contributed by atoms with E-state index in [2.05, 4.69) is 25.8 Å². The van der Waals surface area contributed by atoms with E-state index in [0.717, 1.165) is 9.58 Å². The summed E-state index contributed by atoms with van der Waals surface area (Å²) < 4.78 is 66.2. The van der Waals surface area contributed by atoms with Crippen molar-refractivity contribution in [3.63, 3.8) is 0 Å². The third-order valence-corrected chi connectivity index (χ3v) is 6.26. The number of carbonyl (C=O) groups is 2. The Kier molecular flexibility index (Phi) is 6.15. The van der Waals surface area contributed by atoms with Gasteiger partial charge in [-0.1, -0.05) is 0 Å². The molecular weight excluding hydrogens is 540 g/mol. The van der Waals surface area contributed by atoms with Gasteiger partial charge in [-0.25, -0.2) is 18.3 Å². The first-order chi connectivity index (χ1) is 19.2. The van der Waals surface area contributed by atoms with Gasteiger partial charge >= 0.3 is 6.61 Å². The lowest BCUT2D eigenvalue weighted by Gasteiger charge is -2.38. The molecule has 0 unspecified atom stereocenters. The van der Waals surface area contributed by atoms with Crippen LogP contribution in [-0.4, -0.2) is 79.9 Å². The number of rotatable bonds is 7. The fourth-order valence-electron chi connectivity index (χ4n) is 4.44. The lowest BCUT2D eigenvalue weighted by molar-refractivity contribution is -0.166. The van der Waals surface area contributed by atoms with Crippen molar-refractivity contribution in [3.05, 3.63) is 48.5 Å². The summed E-state index contributed by atoms with van der Waals surface area (Å²) in [7, 11) is 0. The van der Waals surface area contributed by atoms with E-state index in [1.165, 1.54) is 35.2 Å². The number of hydrogen-bond acceptors (Lipinski definition) is 8. The number of aromatic nitrogens is 5. The van der Waals surface area contributed by atoms with Crippen molar-refractivity contribution in [2.75, 3.05) is 36.9 Å². The zero-order valence-corrected chi connectivity index (χ0v) is 20.5. The Labute approximate surface area is 222 Å². The van der Waals surface area contributed by atoms with Crippen LogP contribution < -0.4 is 20.1 Å². The lowest BCUT2D eigenvalue weighted by Crippen LogP contribution is -2.59. The van der Waals surface area contributed by atoms with Crippen LogP contribution in [0.2, 0.25) is 0 Å². The maximum Gasteiger partial charge on any atom is 0.387 e. The van der Waals surface area contributed by atoms with Crippen LogP contribution in [0.3, 0.4) is 0 Å². The maximum absolute atomic E-state index is 13.4. The van der Waals surface area contributed by atoms with Crippen LogP contribution in [-0.2, 0) is 11.3 Å². The second kappa shape index (κ2) is 9.69. The van der Waals surface area contributed by atoms with Gasteiger partial charge in [-0.05, 0) is 12.1 Å². The van der Waals surface area contributed by atoms with Gasteiger partial charge in [0.25, 0.3) is 11.8 Å². The summed E-state index contributed by atoms with van der Waals surface area (Å²) in [5.41, 5.74) is 0.842. The summed E-state index contributed by atoms with van der Waals surface area (Å²) in [6.45, 7) is -4.29. The molecule has 0 atom stereocenters. The summed E-state index contributed by atoms with van der Waals surface area (Å²) in [6, 6.07) is 4.38. The van der Waals surface area contributed by atoms with E-state index in [-0.39, 0.29) is 33.9 Å². The number of ether oxygens (including phenoxy) is 2. The molecule has 6 rings (SSSR count). The van der Waals surface area contributed by atoms with E-state index in [4.69, 9.17) is 9.47 Å². The van der Waals surface area contributed by atoms with Gasteiger partial charge in [-0.15, -0.1) is 0 Å². The Morgan fingerprint density at radius 1 is 1.25 bits per heavy atom. The summed E-state index contributed by atoms with van der Waals surface area (Å²) >= 11 is 0. The van der Waals surface area contributed by atoms with E-state index in [1.54, 1.807) is 12.3 Å². The number of amides is 2. The molecule has 2 amide bonds. The van der Waals surface area contributed by atoms with Gasteiger partial charge < -0.3 is 25.0 Å². The second-order valence-corrected chi connectivity index (χ2v) is 9.09. The third kappa shape index (κ3) is 4.83. The van der Waals surface area contributed by atoms with E-state index >= 15 is 0 Å². The van der Waals surface area contributed by atoms with E-state index in [0.29, 0.717) is 24.6 Å². The van der Waals surface area contributed by atoms with Crippen molar-refractivity contribution in [1.29, 1.82) is 0 Å². The van der Waals surface area contributed by atoms with Crippen LogP contribution in [0.1, 0.15) is 10.4 Å². The first-order valence-electron chi connectivity index (χ1n) is 12.0. The highest BCUT2D eigenvalue weighted by molar-refractivity contribution is 6.09. The van der Waals surface area contributed by atoms with Crippen molar-refractivity contribution in [2.45, 2.75) is 19.1 Å². The zero-order valence-electron chi connectivity index (χ0n) is 20.5. The molecule has 0 radical (unpaired) electrons. The van der Waals surface area contributed by atoms with Crippen LogP contribution >= 0.6 is 0 Å². The van der Waals surface area contributed by atoms with Crippen molar-refractivity contribution in [2.24, 2.45) is 0 Å². The van der Waals surface area contributed by atoms with Crippen LogP contribution in [0.5, 0.6) is 11.5 Å². The standard InChI is InChI=1S/C24H20F4N8O4/c25-23(26)40-17-7-15-18(39-5-3-29-15)6-13(17)20-16(9-35(33-20)10-19(37)34-11-24(27,28)12-34)32-22(38)14-8-31-36-4-1-2-30-21(14)36/h1-2,4,6-9,23,29H,3,5,10-12H2,(H,32,38). The van der Waals surface area contributed by atoms with Crippen LogP contribution in [0.25, 0.3) is 16.9 Å². The number of fused-ring (bicyclic) bond motifs is 2. The van der Waals surface area contributed by atoms with Gasteiger partial charge in [-0.3, -0.25) is 14.3 Å². The molecule has 1 fully saturated rings. The number of hydrogen-bond donors (Lipinski definition) is 2. The minimum atomic E-state index is -3.18. The summed E-state index contributed by atoms with van der Waals surface area (Å²) in [5, 5.41) is 14.1. The Balaban J connectivity index is 1.39. The van der Waals surface area contributed by atoms with Crippen molar-refractivity contribution in [1.82, 2.24) is 29.3 Å². The molecule has 0 bridgehead atoms. The third-order valence-electron chi connectivity index (χ3n) is 6.26. The Morgan fingerprint density at radius 3 is 2.85 bits per heavy atom. The van der Waals surface area contributed by atoms with Gasteiger partial charge in [0.05, 0.1) is 36.2 Å². The minimum absolute atomic E-state index is 0.0212. The van der Waals surface area contributed by atoms with Gasteiger partial charge in [0.1, 0.15) is 35.9 Å². The molecule has 12 nitrogen and oxygen atoms in total. The number of benzene rings is 1. The largest absolute Gasteiger partial charge is 0.490 e. The fourth-order valence-corrected chi connectivity index (χ4v) is 4.44. The van der Waals surface area contributed by atoms with Crippen molar-refractivity contribution >= 4 is 28.8 Å². The fraction of sp³-hybridized carbons (Fsp3) is 0.292. The van der Waals surface area contributed by atoms with Crippen LogP contribution in [0, 0.1) is 0 Å². The van der Waals surface area contributed by atoms with E-state index < -0.39 is 44.0 Å². The monoisotopic (exact) mass is 560 g/mol. The number of anilines is 2. The molecular formula is C24H20F4N8O4. The molecule has 5 heterocycles. The number of nitrogens with one attached hydrogen (secondary N) is 2. The summed E-state index contributed by atoms with van der Waals surface area (Å²) in [6.07, 6.45) is 5.69. The normalized spacial score (nSPS) is 15.7. The average Bonchev–Trinajstić information content (AvgIpc) is 3.50. The quantitative estimate of drug-likeness (QED) is 0.331. The molecule has 2 aliphatic heterocycles. The maximum atomic E-state index is 13.4. The molecule has 1 saturated heterocycles. The Bertz CT molecular complexity index is 1610. The highest BCUT2D eigenvalue weighted by atomic mass is 19.3. The topological polar surface area (TPSA) is 128 Å². The van der Waals surface area contributed by atoms with Gasteiger partial charge in [0, 0.05) is 31.2 Å². The molecule has 1 aromatic carbocycles. The van der Waals surface area contributed by atoms with Crippen molar-refractivity contribution < 1.29 is 36.6 Å². The molecule has 208 valence electrons. The highest BCUT2D eigenvalue weighted by Crippen LogP contribution is 2.42. The minimum Gasteiger partial charge on any atom is -0.490 e. The molecule has 4 aromatic rings. The lowest BCUT2D eigenvalue weighted by atomic mass is 10.1. The number of carbonyl (C=O) groups excluding carboxylic acids is 2. The molecule has 0 saturated carbocycles. The molecule has 40 heavy (non-hydrogen) atoms. The first kappa shape index (κ1) is 25.4. The Morgan fingerprint density at radius 2 is 2.08 bits per heavy atom. The van der Waals surface area contributed by atoms with Crippen LogP contribution in [0.15, 0.2) is 43.0 Å². The van der Waals surface area contributed by atoms with Gasteiger partial charge in [-0.2, -0.15) is 19.0 Å². The summed E-state index contributed by atoms with van der Waals surface area (Å²) in [5.74, 6) is -4.16. The average molecular weight is 560 g/mol. The van der Waals surface area contributed by atoms with Crippen molar-refractivity contribution in [3.8, 4) is 22.8 Å². The van der Waals surface area contributed by atoms with Crippen LogP contribution in [0.4, 0.5) is 28.9 Å². The zero-order chi connectivity index (χ0) is 28.0.